The number of benzene rings is 5. The van der Waals surface area contributed by atoms with Gasteiger partial charge < -0.3 is 39.3 Å². The number of rotatable bonds is 17. The molecule has 2 atom stereocenters. The first kappa shape index (κ1) is 54.3. The van der Waals surface area contributed by atoms with Crippen LogP contribution < -0.4 is 25.1 Å². The van der Waals surface area contributed by atoms with Crippen LogP contribution in [0.25, 0.3) is 22.4 Å². The molecule has 3 aliphatic heterocycles. The standard InChI is InChI=1S/C55H61ClF3N6O7PS2/c1-37(2)65-38(3)51(54(67)68)52(53(65)39-12-14-41(56)15-13-39)40-8-7-9-45(34-40)63-30-28-62(29-31-63)43-16-18-44(19-17-43)64-32-33-72-73(64,69)47-20-21-49(50(35-47)75(70,71)55(57,58)59)60-42(36-74-48-10-5-4-6-11-48)22-25-61-26-23-46(66)24-27-61/h4-21,34-35,37,42,46,60,66H,22-33,36H2,1-3H3,(H,67,68)/t42-,73+/m1/s1. The molecule has 0 saturated carbocycles. The molecule has 0 unspecified atom stereocenters. The first-order chi connectivity index (χ1) is 35.8. The molecule has 75 heavy (non-hydrogen) atoms. The van der Waals surface area contributed by atoms with Gasteiger partial charge in [0.05, 0.1) is 41.5 Å². The van der Waals surface area contributed by atoms with Gasteiger partial charge in [-0.2, -0.15) is 13.2 Å². The number of carboxylic acid groups (broad SMARTS) is 1. The highest BCUT2D eigenvalue weighted by molar-refractivity contribution is 7.99. The molecule has 3 saturated heterocycles. The lowest BCUT2D eigenvalue weighted by Crippen LogP contribution is -2.46. The Bertz CT molecular complexity index is 3150. The molecule has 0 bridgehead atoms. The largest absolute Gasteiger partial charge is 0.501 e. The SMILES string of the molecule is Cc1c(C(=O)O)c(-c2cccc(N3CCN(c4ccc(N5CCO[P@@]5(=O)c5ccc(N[C@H](CCN6CCC(O)CC6)CSc6ccccc6)c(S(=O)(=O)C(F)(F)F)c5)cc4)CC3)c2)c(-c2ccc(Cl)cc2)n1C(C)C. The summed E-state index contributed by atoms with van der Waals surface area (Å²) in [5.41, 5.74) is 0.478. The summed E-state index contributed by atoms with van der Waals surface area (Å²) in [7, 11) is -10.1. The van der Waals surface area contributed by atoms with E-state index in [0.29, 0.717) is 92.8 Å². The molecule has 6 aromatic rings. The van der Waals surface area contributed by atoms with Crippen LogP contribution in [-0.4, -0.2) is 116 Å². The number of nitrogens with one attached hydrogen (secondary N) is 1. The van der Waals surface area contributed by atoms with Crippen molar-refractivity contribution in [1.82, 2.24) is 9.47 Å². The van der Waals surface area contributed by atoms with Gasteiger partial charge in [-0.05, 0) is 130 Å². The number of piperidine rings is 1. The first-order valence-electron chi connectivity index (χ1n) is 25.1. The maximum atomic E-state index is 15.0. The zero-order valence-corrected chi connectivity index (χ0v) is 45.2. The molecule has 4 heterocycles. The summed E-state index contributed by atoms with van der Waals surface area (Å²) in [5, 5.41) is 24.2. The number of halogens is 4. The van der Waals surface area contributed by atoms with E-state index in [-0.39, 0.29) is 41.9 Å². The van der Waals surface area contributed by atoms with Gasteiger partial charge in [-0.25, -0.2) is 13.2 Å². The molecular weight excluding hydrogens is 1040 g/mol. The van der Waals surface area contributed by atoms with E-state index in [1.807, 2.05) is 99.6 Å². The Hall–Kier alpha value is -5.46. The number of anilines is 4. The van der Waals surface area contributed by atoms with Crippen molar-refractivity contribution in [3.8, 4) is 22.4 Å². The summed E-state index contributed by atoms with van der Waals surface area (Å²) in [4.78, 5) is 19.5. The van der Waals surface area contributed by atoms with Crippen LogP contribution in [0.3, 0.4) is 0 Å². The number of sulfone groups is 1. The minimum absolute atomic E-state index is 0.000916. The molecule has 5 aromatic carbocycles. The predicted molar refractivity (Wildman–Crippen MR) is 294 cm³/mol. The lowest BCUT2D eigenvalue weighted by atomic mass is 9.96. The van der Waals surface area contributed by atoms with E-state index in [0.717, 1.165) is 39.2 Å². The Morgan fingerprint density at radius 3 is 2.12 bits per heavy atom. The number of aliphatic hydroxyl groups is 1. The van der Waals surface area contributed by atoms with Gasteiger partial charge in [-0.3, -0.25) is 9.24 Å². The van der Waals surface area contributed by atoms with Crippen molar-refractivity contribution in [3.63, 3.8) is 0 Å². The fourth-order valence-corrected chi connectivity index (χ4v) is 14.8. The van der Waals surface area contributed by atoms with E-state index >= 15 is 0 Å². The summed E-state index contributed by atoms with van der Waals surface area (Å²) >= 11 is 7.77. The molecule has 398 valence electrons. The molecule has 20 heteroatoms. The normalized spacial score (nSPS) is 18.5. The molecule has 0 radical (unpaired) electrons. The molecule has 13 nitrogen and oxygen atoms in total. The van der Waals surface area contributed by atoms with Crippen molar-refractivity contribution >= 4 is 74.7 Å². The summed E-state index contributed by atoms with van der Waals surface area (Å²) < 4.78 is 94.8. The van der Waals surface area contributed by atoms with Gasteiger partial charge in [0.1, 0.15) is 4.90 Å². The van der Waals surface area contributed by atoms with E-state index in [1.54, 1.807) is 24.3 Å². The van der Waals surface area contributed by atoms with Crippen LogP contribution >= 0.6 is 30.9 Å². The number of aliphatic hydroxyl groups excluding tert-OH is 1. The number of piperazine rings is 1. The van der Waals surface area contributed by atoms with Crippen molar-refractivity contribution < 1.29 is 45.7 Å². The van der Waals surface area contributed by atoms with Crippen molar-refractivity contribution in [2.75, 3.05) is 84.5 Å². The van der Waals surface area contributed by atoms with E-state index in [9.17, 15) is 41.2 Å². The van der Waals surface area contributed by atoms with E-state index < -0.39 is 39.8 Å². The van der Waals surface area contributed by atoms with Crippen molar-refractivity contribution in [2.45, 2.75) is 73.5 Å². The summed E-state index contributed by atoms with van der Waals surface area (Å²) in [6.45, 7) is 10.6. The second kappa shape index (κ2) is 22.6. The van der Waals surface area contributed by atoms with Crippen LogP contribution in [0.4, 0.5) is 35.9 Å². The highest BCUT2D eigenvalue weighted by Crippen LogP contribution is 2.56. The van der Waals surface area contributed by atoms with Gasteiger partial charge in [0.25, 0.3) is 9.84 Å². The highest BCUT2D eigenvalue weighted by Gasteiger charge is 2.49. The number of aromatic carboxylic acids is 1. The fraction of sp³-hybridized carbons (Fsp3) is 0.364. The fourth-order valence-electron chi connectivity index (χ4n) is 10.4. The molecule has 3 aliphatic rings. The molecule has 0 amide bonds. The molecule has 9 rings (SSSR count). The van der Waals surface area contributed by atoms with Crippen LogP contribution in [-0.2, 0) is 18.9 Å². The van der Waals surface area contributed by atoms with Crippen LogP contribution in [0.5, 0.6) is 0 Å². The smallest absolute Gasteiger partial charge is 0.478 e. The number of aromatic nitrogens is 1. The number of alkyl halides is 3. The number of carboxylic acids is 1. The predicted octanol–water partition coefficient (Wildman–Crippen LogP) is 11.5. The van der Waals surface area contributed by atoms with Gasteiger partial charge in [0, 0.05) is 102 Å². The lowest BCUT2D eigenvalue weighted by molar-refractivity contribution is -0.0435. The number of thioether (sulfide) groups is 1. The lowest BCUT2D eigenvalue weighted by Gasteiger charge is -2.37. The topological polar surface area (TPSA) is 148 Å². The zero-order valence-electron chi connectivity index (χ0n) is 41.9. The average Bonchev–Trinajstić information content (AvgIpc) is 3.96. The second-order valence-electron chi connectivity index (χ2n) is 19.4. The number of hydrogen-bond donors (Lipinski definition) is 3. The van der Waals surface area contributed by atoms with Crippen LogP contribution in [0.15, 0.2) is 131 Å². The van der Waals surface area contributed by atoms with Gasteiger partial charge in [0.15, 0.2) is 0 Å². The molecule has 3 fully saturated rings. The summed E-state index contributed by atoms with van der Waals surface area (Å²) in [5.74, 6) is -0.586. The summed E-state index contributed by atoms with van der Waals surface area (Å²) in [6.07, 6.45) is 1.35. The molecule has 0 spiro atoms. The molecular formula is C55H61ClF3N6O7PS2. The van der Waals surface area contributed by atoms with Gasteiger partial charge in [-0.1, -0.05) is 54.1 Å². The van der Waals surface area contributed by atoms with Crippen molar-refractivity contribution in [3.05, 3.63) is 138 Å². The third-order valence-corrected chi connectivity index (χ3v) is 19.8. The molecule has 0 aliphatic carbocycles. The number of nitrogens with zero attached hydrogens (tertiary/aromatic N) is 5. The van der Waals surface area contributed by atoms with E-state index in [4.69, 9.17) is 16.1 Å². The van der Waals surface area contributed by atoms with Crippen molar-refractivity contribution in [1.29, 1.82) is 0 Å². The molecule has 1 aromatic heterocycles. The van der Waals surface area contributed by atoms with E-state index in [1.165, 1.54) is 28.6 Å². The third-order valence-electron chi connectivity index (χ3n) is 14.3. The third kappa shape index (κ3) is 11.6. The van der Waals surface area contributed by atoms with E-state index in [2.05, 4.69) is 24.6 Å². The van der Waals surface area contributed by atoms with Gasteiger partial charge in [-0.15, -0.1) is 11.8 Å². The minimum Gasteiger partial charge on any atom is -0.478 e. The van der Waals surface area contributed by atoms with Crippen molar-refractivity contribution in [2.24, 2.45) is 0 Å². The Balaban J connectivity index is 0.923. The minimum atomic E-state index is -5.94. The summed E-state index contributed by atoms with van der Waals surface area (Å²) in [6, 6.07) is 35.3. The quantitative estimate of drug-likeness (QED) is 0.0588. The Morgan fingerprint density at radius 2 is 1.48 bits per heavy atom. The second-order valence-corrected chi connectivity index (χ2v) is 25.2. The Labute approximate surface area is 445 Å². The highest BCUT2D eigenvalue weighted by atomic mass is 35.5. The maximum Gasteiger partial charge on any atom is 0.501 e. The van der Waals surface area contributed by atoms with Crippen LogP contribution in [0.1, 0.15) is 55.2 Å². The Kier molecular flexibility index (Phi) is 16.4. The zero-order chi connectivity index (χ0) is 53.2. The molecule has 3 N–H and O–H groups in total. The van der Waals surface area contributed by atoms with Crippen LogP contribution in [0.2, 0.25) is 5.02 Å². The van der Waals surface area contributed by atoms with Crippen LogP contribution in [0, 0.1) is 6.92 Å². The first-order valence-corrected chi connectivity index (χ1v) is 29.5. The number of hydrogen-bond acceptors (Lipinski definition) is 11. The van der Waals surface area contributed by atoms with Gasteiger partial charge >= 0.3 is 19.0 Å². The number of carbonyl (C=O) groups is 1. The van der Waals surface area contributed by atoms with Gasteiger partial charge in [0.2, 0.25) is 0 Å². The number of likely N-dealkylation sites (tertiary alicyclic amines) is 1. The average molecular weight is 1110 g/mol. The Morgan fingerprint density at radius 1 is 0.827 bits per heavy atom. The monoisotopic (exact) mass is 1100 g/mol. The maximum absolute atomic E-state index is 15.0.